The molecule has 2 N–H and O–H groups in total. The molecule has 2 amide bonds. The number of pyridine rings is 1. The lowest BCUT2D eigenvalue weighted by molar-refractivity contribution is 0.0953. The Kier molecular flexibility index (Phi) is 6.93. The van der Waals surface area contributed by atoms with Crippen molar-refractivity contribution in [3.05, 3.63) is 58.3 Å². The van der Waals surface area contributed by atoms with Gasteiger partial charge in [0.2, 0.25) is 0 Å². The molecule has 0 saturated carbocycles. The molecular weight excluding hydrogens is 370 g/mol. The zero-order valence-electron chi connectivity index (χ0n) is 13.5. The number of anilines is 1. The molecule has 1 heterocycles. The number of unbranched alkanes of at least 4 members (excludes halogenated alkanes) is 2. The summed E-state index contributed by atoms with van der Waals surface area (Å²) in [5, 5.41) is 5.61. The van der Waals surface area contributed by atoms with Crippen LogP contribution in [-0.2, 0) is 0 Å². The first-order valence-electron chi connectivity index (χ1n) is 7.91. The fourth-order valence-electron chi connectivity index (χ4n) is 2.14. The fraction of sp³-hybridized carbons (Fsp3) is 0.278. The number of benzene rings is 1. The molecule has 0 atom stereocenters. The van der Waals surface area contributed by atoms with Crippen molar-refractivity contribution in [3.8, 4) is 0 Å². The minimum atomic E-state index is -0.353. The van der Waals surface area contributed by atoms with E-state index in [0.29, 0.717) is 17.8 Å². The zero-order chi connectivity index (χ0) is 17.4. The first-order chi connectivity index (χ1) is 11.6. The SMILES string of the molecule is CCCCCNC(=O)c1ccnc(C(=O)Nc2cccc(Br)c2)c1. The number of carbonyl (C=O) groups is 2. The van der Waals surface area contributed by atoms with Crippen LogP contribution in [0.2, 0.25) is 0 Å². The lowest BCUT2D eigenvalue weighted by Crippen LogP contribution is -2.25. The number of carbonyl (C=O) groups excluding carboxylic acids is 2. The highest BCUT2D eigenvalue weighted by Crippen LogP contribution is 2.16. The Morgan fingerprint density at radius 2 is 1.96 bits per heavy atom. The number of halogens is 1. The molecule has 2 aromatic rings. The average Bonchev–Trinajstić information content (AvgIpc) is 2.58. The van der Waals surface area contributed by atoms with Crippen molar-refractivity contribution in [3.63, 3.8) is 0 Å². The van der Waals surface area contributed by atoms with Gasteiger partial charge in [0.25, 0.3) is 11.8 Å². The molecule has 6 heteroatoms. The van der Waals surface area contributed by atoms with Gasteiger partial charge in [0.1, 0.15) is 5.69 Å². The van der Waals surface area contributed by atoms with Crippen LogP contribution >= 0.6 is 15.9 Å². The van der Waals surface area contributed by atoms with Gasteiger partial charge in [-0.25, -0.2) is 0 Å². The molecule has 0 saturated heterocycles. The Balaban J connectivity index is 2.01. The van der Waals surface area contributed by atoms with Gasteiger partial charge in [-0.2, -0.15) is 0 Å². The van der Waals surface area contributed by atoms with Crippen LogP contribution in [-0.4, -0.2) is 23.3 Å². The van der Waals surface area contributed by atoms with E-state index < -0.39 is 0 Å². The van der Waals surface area contributed by atoms with Gasteiger partial charge in [0, 0.05) is 28.5 Å². The zero-order valence-corrected chi connectivity index (χ0v) is 15.1. The predicted octanol–water partition coefficient (Wildman–Crippen LogP) is 4.02. The van der Waals surface area contributed by atoms with Crippen LogP contribution in [0, 0.1) is 0 Å². The van der Waals surface area contributed by atoms with E-state index >= 15 is 0 Å². The number of hydrogen-bond acceptors (Lipinski definition) is 3. The van der Waals surface area contributed by atoms with Crippen molar-refractivity contribution in [1.29, 1.82) is 0 Å². The average molecular weight is 390 g/mol. The van der Waals surface area contributed by atoms with Gasteiger partial charge < -0.3 is 10.6 Å². The van der Waals surface area contributed by atoms with Gasteiger partial charge in [-0.3, -0.25) is 14.6 Å². The van der Waals surface area contributed by atoms with Gasteiger partial charge in [-0.15, -0.1) is 0 Å². The molecule has 126 valence electrons. The summed E-state index contributed by atoms with van der Waals surface area (Å²) in [7, 11) is 0. The molecule has 0 aliphatic rings. The number of amides is 2. The first kappa shape index (κ1) is 18.1. The molecule has 0 spiro atoms. The standard InChI is InChI=1S/C18H20BrN3O2/c1-2-3-4-9-21-17(23)13-8-10-20-16(11-13)18(24)22-15-7-5-6-14(19)12-15/h5-8,10-12H,2-4,9H2,1H3,(H,21,23)(H,22,24). The van der Waals surface area contributed by atoms with Crippen LogP contribution in [0.5, 0.6) is 0 Å². The Labute approximate surface area is 150 Å². The lowest BCUT2D eigenvalue weighted by Gasteiger charge is -2.07. The molecule has 24 heavy (non-hydrogen) atoms. The molecule has 0 fully saturated rings. The quantitative estimate of drug-likeness (QED) is 0.702. The molecule has 1 aromatic heterocycles. The number of rotatable bonds is 7. The normalized spacial score (nSPS) is 10.2. The minimum absolute atomic E-state index is 0.190. The predicted molar refractivity (Wildman–Crippen MR) is 98.2 cm³/mol. The van der Waals surface area contributed by atoms with Gasteiger partial charge >= 0.3 is 0 Å². The maximum Gasteiger partial charge on any atom is 0.274 e. The Hall–Kier alpha value is -2.21. The van der Waals surface area contributed by atoms with Gasteiger partial charge in [-0.1, -0.05) is 41.8 Å². The Bertz CT molecular complexity index is 719. The molecule has 2 rings (SSSR count). The third-order valence-corrected chi connectivity index (χ3v) is 3.90. The van der Waals surface area contributed by atoms with E-state index in [-0.39, 0.29) is 17.5 Å². The second-order valence-corrected chi connectivity index (χ2v) is 6.27. The summed E-state index contributed by atoms with van der Waals surface area (Å²) in [4.78, 5) is 28.4. The number of nitrogens with one attached hydrogen (secondary N) is 2. The van der Waals surface area contributed by atoms with Crippen LogP contribution in [0.3, 0.4) is 0 Å². The summed E-state index contributed by atoms with van der Waals surface area (Å²) in [5.74, 6) is -0.543. The van der Waals surface area contributed by atoms with Crippen molar-refractivity contribution >= 4 is 33.4 Å². The number of nitrogens with zero attached hydrogens (tertiary/aromatic N) is 1. The molecule has 0 bridgehead atoms. The second kappa shape index (κ2) is 9.17. The molecule has 0 unspecified atom stereocenters. The van der Waals surface area contributed by atoms with E-state index in [9.17, 15) is 9.59 Å². The van der Waals surface area contributed by atoms with Crippen molar-refractivity contribution in [2.75, 3.05) is 11.9 Å². The molecular formula is C18H20BrN3O2. The largest absolute Gasteiger partial charge is 0.352 e. The summed E-state index contributed by atoms with van der Waals surface area (Å²) in [5.41, 5.74) is 1.29. The topological polar surface area (TPSA) is 71.1 Å². The molecule has 0 radical (unpaired) electrons. The van der Waals surface area contributed by atoms with Crippen molar-refractivity contribution < 1.29 is 9.59 Å². The van der Waals surface area contributed by atoms with Gasteiger partial charge in [-0.05, 0) is 36.8 Å². The fourth-order valence-corrected chi connectivity index (χ4v) is 2.54. The van der Waals surface area contributed by atoms with Crippen LogP contribution < -0.4 is 10.6 Å². The van der Waals surface area contributed by atoms with E-state index in [0.717, 1.165) is 23.7 Å². The monoisotopic (exact) mass is 389 g/mol. The van der Waals surface area contributed by atoms with Gasteiger partial charge in [0.05, 0.1) is 0 Å². The van der Waals surface area contributed by atoms with Crippen molar-refractivity contribution in [1.82, 2.24) is 10.3 Å². The van der Waals surface area contributed by atoms with E-state index in [2.05, 4.69) is 38.5 Å². The maximum absolute atomic E-state index is 12.3. The van der Waals surface area contributed by atoms with E-state index in [1.54, 1.807) is 18.2 Å². The van der Waals surface area contributed by atoms with Crippen LogP contribution in [0.1, 0.15) is 47.0 Å². The summed E-state index contributed by atoms with van der Waals surface area (Å²) in [6.07, 6.45) is 4.60. The molecule has 1 aromatic carbocycles. The number of aromatic nitrogens is 1. The Morgan fingerprint density at radius 1 is 1.12 bits per heavy atom. The van der Waals surface area contributed by atoms with E-state index in [1.807, 2.05) is 12.1 Å². The molecule has 0 aliphatic heterocycles. The minimum Gasteiger partial charge on any atom is -0.352 e. The van der Waals surface area contributed by atoms with Crippen LogP contribution in [0.4, 0.5) is 5.69 Å². The second-order valence-electron chi connectivity index (χ2n) is 5.36. The molecule has 0 aliphatic carbocycles. The van der Waals surface area contributed by atoms with E-state index in [1.165, 1.54) is 12.3 Å². The highest BCUT2D eigenvalue weighted by atomic mass is 79.9. The summed E-state index contributed by atoms with van der Waals surface area (Å²) in [6, 6.07) is 10.4. The van der Waals surface area contributed by atoms with Crippen LogP contribution in [0.25, 0.3) is 0 Å². The third kappa shape index (κ3) is 5.45. The van der Waals surface area contributed by atoms with Crippen molar-refractivity contribution in [2.45, 2.75) is 26.2 Å². The van der Waals surface area contributed by atoms with Crippen LogP contribution in [0.15, 0.2) is 47.1 Å². The summed E-state index contributed by atoms with van der Waals surface area (Å²) in [6.45, 7) is 2.75. The first-order valence-corrected chi connectivity index (χ1v) is 8.70. The summed E-state index contributed by atoms with van der Waals surface area (Å²) < 4.78 is 0.869. The third-order valence-electron chi connectivity index (χ3n) is 3.40. The maximum atomic E-state index is 12.3. The highest BCUT2D eigenvalue weighted by Gasteiger charge is 2.12. The summed E-state index contributed by atoms with van der Waals surface area (Å²) >= 11 is 3.35. The van der Waals surface area contributed by atoms with Crippen molar-refractivity contribution in [2.24, 2.45) is 0 Å². The van der Waals surface area contributed by atoms with E-state index in [4.69, 9.17) is 0 Å². The highest BCUT2D eigenvalue weighted by molar-refractivity contribution is 9.10. The molecule has 5 nitrogen and oxygen atoms in total. The lowest BCUT2D eigenvalue weighted by atomic mass is 10.2. The number of hydrogen-bond donors (Lipinski definition) is 2. The Morgan fingerprint density at radius 3 is 2.71 bits per heavy atom. The smallest absolute Gasteiger partial charge is 0.274 e. The van der Waals surface area contributed by atoms with Gasteiger partial charge in [0.15, 0.2) is 0 Å².